The fourth-order valence-electron chi connectivity index (χ4n) is 2.01. The molecule has 24 heavy (non-hydrogen) atoms. The summed E-state index contributed by atoms with van der Waals surface area (Å²) >= 11 is 5.06. The normalized spacial score (nSPS) is 10.4. The first kappa shape index (κ1) is 16.6. The zero-order chi connectivity index (χ0) is 16.9. The Hall–Kier alpha value is -2.25. The fraction of sp³-hybridized carbons (Fsp3) is 0.118. The molecule has 0 aliphatic rings. The molecule has 7 heteroatoms. The van der Waals surface area contributed by atoms with Gasteiger partial charge >= 0.3 is 6.09 Å². The molecule has 0 atom stereocenters. The monoisotopic (exact) mass is 403 g/mol. The number of ether oxygens (including phenoxy) is 1. The highest BCUT2D eigenvalue weighted by Gasteiger charge is 2.16. The molecule has 122 valence electrons. The number of thiophene rings is 1. The molecule has 5 nitrogen and oxygen atoms in total. The van der Waals surface area contributed by atoms with E-state index in [0.717, 1.165) is 20.6 Å². The molecule has 0 radical (unpaired) electrons. The summed E-state index contributed by atoms with van der Waals surface area (Å²) in [5.74, 6) is 0.297. The number of anilines is 1. The van der Waals surface area contributed by atoms with Crippen molar-refractivity contribution < 1.29 is 9.53 Å². The predicted octanol–water partition coefficient (Wildman–Crippen LogP) is 4.74. The van der Waals surface area contributed by atoms with Crippen molar-refractivity contribution in [3.8, 4) is 10.6 Å². The van der Waals surface area contributed by atoms with E-state index in [-0.39, 0.29) is 6.61 Å². The molecular weight excluding hydrogens is 390 g/mol. The van der Waals surface area contributed by atoms with Crippen LogP contribution < -0.4 is 4.90 Å². The van der Waals surface area contributed by atoms with E-state index in [0.29, 0.717) is 5.95 Å². The molecule has 0 unspecified atom stereocenters. The van der Waals surface area contributed by atoms with Gasteiger partial charge in [-0.2, -0.15) is 0 Å². The Morgan fingerprint density at radius 1 is 1.25 bits per heavy atom. The van der Waals surface area contributed by atoms with Gasteiger partial charge in [0.05, 0.1) is 10.6 Å². The molecule has 3 rings (SSSR count). The number of carbonyl (C=O) groups excluding carboxylic acids is 1. The van der Waals surface area contributed by atoms with E-state index in [1.807, 2.05) is 47.8 Å². The largest absolute Gasteiger partial charge is 0.444 e. The van der Waals surface area contributed by atoms with Gasteiger partial charge in [0.15, 0.2) is 0 Å². The summed E-state index contributed by atoms with van der Waals surface area (Å²) in [6, 6.07) is 13.3. The molecule has 1 aromatic carbocycles. The highest BCUT2D eigenvalue weighted by Crippen LogP contribution is 2.32. The fourth-order valence-corrected chi connectivity index (χ4v) is 3.56. The molecule has 0 N–H and O–H groups in total. The number of carbonyl (C=O) groups is 1. The lowest BCUT2D eigenvalue weighted by molar-refractivity contribution is 0.148. The highest BCUT2D eigenvalue weighted by molar-refractivity contribution is 9.10. The van der Waals surface area contributed by atoms with E-state index < -0.39 is 6.09 Å². The van der Waals surface area contributed by atoms with Gasteiger partial charge in [0.1, 0.15) is 6.61 Å². The van der Waals surface area contributed by atoms with Crippen molar-refractivity contribution in [3.05, 3.63) is 64.1 Å². The Balaban J connectivity index is 1.71. The summed E-state index contributed by atoms with van der Waals surface area (Å²) in [6.45, 7) is 0.209. The van der Waals surface area contributed by atoms with Crippen molar-refractivity contribution in [3.63, 3.8) is 0 Å². The van der Waals surface area contributed by atoms with Crippen molar-refractivity contribution in [1.29, 1.82) is 0 Å². The van der Waals surface area contributed by atoms with Gasteiger partial charge in [0.25, 0.3) is 0 Å². The maximum absolute atomic E-state index is 12.2. The Morgan fingerprint density at radius 2 is 2.04 bits per heavy atom. The number of halogens is 1. The Kier molecular flexibility index (Phi) is 5.22. The molecule has 0 aliphatic heterocycles. The summed E-state index contributed by atoms with van der Waals surface area (Å²) in [4.78, 5) is 23.1. The summed E-state index contributed by atoms with van der Waals surface area (Å²) < 4.78 is 6.26. The summed E-state index contributed by atoms with van der Waals surface area (Å²) in [5.41, 5.74) is 1.68. The molecule has 3 aromatic rings. The van der Waals surface area contributed by atoms with E-state index in [9.17, 15) is 4.79 Å². The van der Waals surface area contributed by atoms with Crippen molar-refractivity contribution in [2.75, 3.05) is 11.9 Å². The van der Waals surface area contributed by atoms with Gasteiger partial charge < -0.3 is 4.74 Å². The highest BCUT2D eigenvalue weighted by atomic mass is 79.9. The number of benzene rings is 1. The van der Waals surface area contributed by atoms with Crippen LogP contribution in [0.25, 0.3) is 10.6 Å². The predicted molar refractivity (Wildman–Crippen MR) is 98.1 cm³/mol. The smallest absolute Gasteiger partial charge is 0.416 e. The van der Waals surface area contributed by atoms with Crippen LogP contribution in [0.4, 0.5) is 10.7 Å². The van der Waals surface area contributed by atoms with Gasteiger partial charge in [-0.15, -0.1) is 11.3 Å². The molecule has 2 heterocycles. The van der Waals surface area contributed by atoms with Crippen molar-refractivity contribution in [2.24, 2.45) is 0 Å². The zero-order valence-electron chi connectivity index (χ0n) is 12.8. The van der Waals surface area contributed by atoms with E-state index in [1.54, 1.807) is 24.6 Å². The summed E-state index contributed by atoms with van der Waals surface area (Å²) in [6.07, 6.45) is 1.13. The van der Waals surface area contributed by atoms with E-state index in [1.165, 1.54) is 4.90 Å². The minimum absolute atomic E-state index is 0.209. The number of aromatic nitrogens is 2. The van der Waals surface area contributed by atoms with Crippen LogP contribution >= 0.6 is 27.3 Å². The van der Waals surface area contributed by atoms with Crippen LogP contribution in [0, 0.1) is 0 Å². The molecule has 0 fully saturated rings. The maximum atomic E-state index is 12.2. The average Bonchev–Trinajstić information content (AvgIpc) is 3.06. The molecule has 1 amide bonds. The van der Waals surface area contributed by atoms with Gasteiger partial charge in [0, 0.05) is 17.7 Å². The molecule has 0 saturated carbocycles. The first-order chi connectivity index (χ1) is 11.6. The number of hydrogen-bond donors (Lipinski definition) is 0. The first-order valence-corrected chi connectivity index (χ1v) is 8.83. The maximum Gasteiger partial charge on any atom is 0.416 e. The second-order valence-electron chi connectivity index (χ2n) is 4.94. The van der Waals surface area contributed by atoms with Crippen LogP contribution in [0.5, 0.6) is 0 Å². The van der Waals surface area contributed by atoms with Crippen molar-refractivity contribution in [1.82, 2.24) is 9.97 Å². The van der Waals surface area contributed by atoms with Crippen LogP contribution in [0.1, 0.15) is 5.56 Å². The van der Waals surface area contributed by atoms with Gasteiger partial charge in [-0.1, -0.05) is 30.3 Å². The zero-order valence-corrected chi connectivity index (χ0v) is 15.3. The minimum atomic E-state index is -0.499. The Bertz CT molecular complexity index is 839. The first-order valence-electron chi connectivity index (χ1n) is 7.16. The van der Waals surface area contributed by atoms with E-state index in [4.69, 9.17) is 4.74 Å². The standard InChI is InChI=1S/C17H14BrN3O2S/c1-21(17(22)23-11-12-5-3-2-4-6-12)16-19-9-7-14(20-16)15-13(18)8-10-24-15/h2-10H,11H2,1H3. The number of hydrogen-bond acceptors (Lipinski definition) is 5. The third-order valence-electron chi connectivity index (χ3n) is 3.27. The Labute approximate surface area is 152 Å². The average molecular weight is 404 g/mol. The molecule has 0 saturated heterocycles. The summed E-state index contributed by atoms with van der Waals surface area (Å²) in [7, 11) is 1.59. The number of rotatable bonds is 4. The molecule has 0 aliphatic carbocycles. The lowest BCUT2D eigenvalue weighted by Crippen LogP contribution is -2.28. The van der Waals surface area contributed by atoms with Crippen molar-refractivity contribution in [2.45, 2.75) is 6.61 Å². The molecule has 0 bridgehead atoms. The minimum Gasteiger partial charge on any atom is -0.444 e. The third-order valence-corrected chi connectivity index (χ3v) is 5.13. The van der Waals surface area contributed by atoms with Crippen LogP contribution in [0.2, 0.25) is 0 Å². The lowest BCUT2D eigenvalue weighted by atomic mass is 10.2. The number of amides is 1. The molecule has 0 spiro atoms. The van der Waals surface area contributed by atoms with Crippen molar-refractivity contribution >= 4 is 39.3 Å². The van der Waals surface area contributed by atoms with Gasteiger partial charge in [-0.05, 0) is 39.0 Å². The SMILES string of the molecule is CN(C(=O)OCc1ccccc1)c1nccc(-c2sccc2Br)n1. The topological polar surface area (TPSA) is 55.3 Å². The second-order valence-corrected chi connectivity index (χ2v) is 6.71. The van der Waals surface area contributed by atoms with E-state index in [2.05, 4.69) is 25.9 Å². The van der Waals surface area contributed by atoms with Gasteiger partial charge in [0.2, 0.25) is 5.95 Å². The Morgan fingerprint density at radius 3 is 2.75 bits per heavy atom. The summed E-state index contributed by atoms with van der Waals surface area (Å²) in [5, 5.41) is 1.97. The quantitative estimate of drug-likeness (QED) is 0.630. The third kappa shape index (κ3) is 3.80. The van der Waals surface area contributed by atoms with Crippen LogP contribution in [0.15, 0.2) is 58.5 Å². The second kappa shape index (κ2) is 7.55. The van der Waals surface area contributed by atoms with Crippen LogP contribution in [-0.4, -0.2) is 23.1 Å². The van der Waals surface area contributed by atoms with Crippen LogP contribution in [0.3, 0.4) is 0 Å². The molecular formula is C17H14BrN3O2S. The van der Waals surface area contributed by atoms with Crippen LogP contribution in [-0.2, 0) is 11.3 Å². The van der Waals surface area contributed by atoms with Gasteiger partial charge in [-0.25, -0.2) is 19.7 Å². The number of nitrogens with zero attached hydrogens (tertiary/aromatic N) is 3. The lowest BCUT2D eigenvalue weighted by Gasteiger charge is -2.15. The van der Waals surface area contributed by atoms with Gasteiger partial charge in [-0.3, -0.25) is 0 Å². The van der Waals surface area contributed by atoms with E-state index >= 15 is 0 Å². The molecule has 2 aromatic heterocycles.